The minimum atomic E-state index is 0.458. The highest BCUT2D eigenvalue weighted by Crippen LogP contribution is 2.06. The summed E-state index contributed by atoms with van der Waals surface area (Å²) in [6.45, 7) is 6.17. The van der Waals surface area contributed by atoms with Crippen LogP contribution in [0.1, 0.15) is 25.3 Å². The molecular formula is C13H17NO. The molecule has 0 aliphatic heterocycles. The highest BCUT2D eigenvalue weighted by Gasteiger charge is 2.01. The Morgan fingerprint density at radius 1 is 1.40 bits per heavy atom. The fraction of sp³-hybridized carbons (Fsp3) is 0.308. The fourth-order valence-corrected chi connectivity index (χ4v) is 1.28. The molecule has 1 aromatic carbocycles. The molecule has 0 saturated heterocycles. The van der Waals surface area contributed by atoms with E-state index >= 15 is 0 Å². The van der Waals surface area contributed by atoms with Crippen LogP contribution in [0.2, 0.25) is 0 Å². The van der Waals surface area contributed by atoms with E-state index in [0.717, 1.165) is 24.1 Å². The molecule has 0 N–H and O–H groups in total. The zero-order valence-electron chi connectivity index (χ0n) is 9.15. The molecule has 1 aromatic rings. The van der Waals surface area contributed by atoms with Gasteiger partial charge in [-0.1, -0.05) is 61.5 Å². The Morgan fingerprint density at radius 2 is 2.13 bits per heavy atom. The molecule has 0 aliphatic carbocycles. The van der Waals surface area contributed by atoms with E-state index < -0.39 is 0 Å². The maximum Gasteiger partial charge on any atom is 0.135 e. The van der Waals surface area contributed by atoms with Gasteiger partial charge in [0.25, 0.3) is 0 Å². The molecule has 80 valence electrons. The number of hydrogen-bond donors (Lipinski definition) is 0. The second-order valence-electron chi connectivity index (χ2n) is 3.24. The lowest BCUT2D eigenvalue weighted by molar-refractivity contribution is 0.174. The van der Waals surface area contributed by atoms with Gasteiger partial charge in [0.15, 0.2) is 0 Å². The number of nitrogens with zero attached hydrogens (tertiary/aromatic N) is 1. The molecule has 2 nitrogen and oxygen atoms in total. The molecule has 0 spiro atoms. The van der Waals surface area contributed by atoms with Crippen LogP contribution in [0, 0.1) is 0 Å². The van der Waals surface area contributed by atoms with Crippen molar-refractivity contribution in [2.24, 2.45) is 5.16 Å². The summed E-state index contributed by atoms with van der Waals surface area (Å²) < 4.78 is 0. The molecule has 0 aliphatic rings. The second kappa shape index (κ2) is 6.82. The summed E-state index contributed by atoms with van der Waals surface area (Å²) in [5.74, 6) is 0. The molecule has 0 amide bonds. The van der Waals surface area contributed by atoms with Crippen LogP contribution < -0.4 is 0 Å². The van der Waals surface area contributed by atoms with E-state index in [1.807, 2.05) is 30.3 Å². The van der Waals surface area contributed by atoms with Crippen molar-refractivity contribution in [3.63, 3.8) is 0 Å². The predicted molar refractivity (Wildman–Crippen MR) is 64.0 cm³/mol. The summed E-state index contributed by atoms with van der Waals surface area (Å²) >= 11 is 0. The van der Waals surface area contributed by atoms with Crippen molar-refractivity contribution in [1.82, 2.24) is 0 Å². The average molecular weight is 203 g/mol. The number of hydrogen-bond acceptors (Lipinski definition) is 2. The summed E-state index contributed by atoms with van der Waals surface area (Å²) in [6, 6.07) is 10.1. The lowest BCUT2D eigenvalue weighted by Crippen LogP contribution is -2.01. The van der Waals surface area contributed by atoms with Gasteiger partial charge in [0, 0.05) is 0 Å². The van der Waals surface area contributed by atoms with Crippen molar-refractivity contribution in [1.29, 1.82) is 0 Å². The molecule has 0 unspecified atom stereocenters. The molecule has 0 bridgehead atoms. The third kappa shape index (κ3) is 3.98. The second-order valence-corrected chi connectivity index (χ2v) is 3.24. The SMILES string of the molecule is C=CCO/N=C(\CCC)c1ccccc1. The van der Waals surface area contributed by atoms with Crippen molar-refractivity contribution >= 4 is 5.71 Å². The van der Waals surface area contributed by atoms with Crippen LogP contribution in [0.4, 0.5) is 0 Å². The molecule has 1 rings (SSSR count). The van der Waals surface area contributed by atoms with Gasteiger partial charge in [0.05, 0.1) is 5.71 Å². The molecule has 0 atom stereocenters. The summed E-state index contributed by atoms with van der Waals surface area (Å²) in [6.07, 6.45) is 3.68. The van der Waals surface area contributed by atoms with Gasteiger partial charge in [-0.25, -0.2) is 0 Å². The first-order valence-electron chi connectivity index (χ1n) is 5.23. The van der Waals surface area contributed by atoms with E-state index in [1.165, 1.54) is 0 Å². The van der Waals surface area contributed by atoms with E-state index in [0.29, 0.717) is 6.61 Å². The van der Waals surface area contributed by atoms with E-state index in [1.54, 1.807) is 6.08 Å². The zero-order chi connectivity index (χ0) is 10.9. The van der Waals surface area contributed by atoms with Gasteiger partial charge in [-0.15, -0.1) is 0 Å². The van der Waals surface area contributed by atoms with Gasteiger partial charge in [-0.3, -0.25) is 0 Å². The van der Waals surface area contributed by atoms with Gasteiger partial charge < -0.3 is 4.84 Å². The van der Waals surface area contributed by atoms with Crippen molar-refractivity contribution in [3.8, 4) is 0 Å². The quantitative estimate of drug-likeness (QED) is 0.300. The Kier molecular flexibility index (Phi) is 5.23. The maximum absolute atomic E-state index is 5.12. The Bertz CT molecular complexity index is 317. The Labute approximate surface area is 91.3 Å². The van der Waals surface area contributed by atoms with Gasteiger partial charge in [0.1, 0.15) is 6.61 Å². The zero-order valence-corrected chi connectivity index (χ0v) is 9.15. The van der Waals surface area contributed by atoms with Crippen molar-refractivity contribution in [3.05, 3.63) is 48.6 Å². The van der Waals surface area contributed by atoms with Gasteiger partial charge >= 0.3 is 0 Å². The Morgan fingerprint density at radius 3 is 2.73 bits per heavy atom. The van der Waals surface area contributed by atoms with E-state index in [4.69, 9.17) is 4.84 Å². The minimum absolute atomic E-state index is 0.458. The third-order valence-electron chi connectivity index (χ3n) is 1.96. The molecule has 15 heavy (non-hydrogen) atoms. The smallest absolute Gasteiger partial charge is 0.135 e. The van der Waals surface area contributed by atoms with Gasteiger partial charge in [0.2, 0.25) is 0 Å². The topological polar surface area (TPSA) is 21.6 Å². The van der Waals surface area contributed by atoms with Crippen LogP contribution in [0.5, 0.6) is 0 Å². The molecule has 0 fully saturated rings. The summed E-state index contributed by atoms with van der Waals surface area (Å²) in [5.41, 5.74) is 2.13. The lowest BCUT2D eigenvalue weighted by atomic mass is 10.1. The molecule has 0 heterocycles. The first kappa shape index (κ1) is 11.5. The summed E-state index contributed by atoms with van der Waals surface area (Å²) in [5, 5.41) is 4.12. The molecule has 0 aromatic heterocycles. The minimum Gasteiger partial charge on any atom is -0.391 e. The van der Waals surface area contributed by atoms with Crippen LogP contribution in [-0.2, 0) is 4.84 Å². The first-order valence-corrected chi connectivity index (χ1v) is 5.23. The van der Waals surface area contributed by atoms with E-state index in [2.05, 4.69) is 18.7 Å². The monoisotopic (exact) mass is 203 g/mol. The van der Waals surface area contributed by atoms with Crippen molar-refractivity contribution < 1.29 is 4.84 Å². The number of benzene rings is 1. The molecular weight excluding hydrogens is 186 g/mol. The highest BCUT2D eigenvalue weighted by molar-refractivity contribution is 6.00. The maximum atomic E-state index is 5.12. The van der Waals surface area contributed by atoms with Crippen LogP contribution in [-0.4, -0.2) is 12.3 Å². The van der Waals surface area contributed by atoms with E-state index in [9.17, 15) is 0 Å². The van der Waals surface area contributed by atoms with Gasteiger partial charge in [-0.05, 0) is 12.0 Å². The molecule has 0 saturated carbocycles. The largest absolute Gasteiger partial charge is 0.391 e. The normalized spacial score (nSPS) is 11.1. The Hall–Kier alpha value is -1.57. The van der Waals surface area contributed by atoms with Crippen LogP contribution >= 0.6 is 0 Å². The van der Waals surface area contributed by atoms with Gasteiger partial charge in [-0.2, -0.15) is 0 Å². The summed E-state index contributed by atoms with van der Waals surface area (Å²) in [7, 11) is 0. The number of rotatable bonds is 6. The van der Waals surface area contributed by atoms with E-state index in [-0.39, 0.29) is 0 Å². The first-order chi connectivity index (χ1) is 7.38. The van der Waals surface area contributed by atoms with Crippen molar-refractivity contribution in [2.75, 3.05) is 6.61 Å². The van der Waals surface area contributed by atoms with Crippen LogP contribution in [0.25, 0.3) is 0 Å². The average Bonchev–Trinajstić information content (AvgIpc) is 2.29. The van der Waals surface area contributed by atoms with Crippen LogP contribution in [0.15, 0.2) is 48.1 Å². The number of oxime groups is 1. The highest BCUT2D eigenvalue weighted by atomic mass is 16.6. The third-order valence-corrected chi connectivity index (χ3v) is 1.96. The Balaban J connectivity index is 2.73. The summed E-state index contributed by atoms with van der Waals surface area (Å²) in [4.78, 5) is 5.12. The predicted octanol–water partition coefficient (Wildman–Crippen LogP) is 3.39. The standard InChI is InChI=1S/C13H17NO/c1-3-8-13(14-15-11-4-2)12-9-6-5-7-10-12/h4-7,9-10H,2-3,8,11H2,1H3/b14-13+. The van der Waals surface area contributed by atoms with Crippen LogP contribution in [0.3, 0.4) is 0 Å². The lowest BCUT2D eigenvalue weighted by Gasteiger charge is -2.04. The fourth-order valence-electron chi connectivity index (χ4n) is 1.28. The molecule has 2 heteroatoms. The van der Waals surface area contributed by atoms with Crippen molar-refractivity contribution in [2.45, 2.75) is 19.8 Å². The molecule has 0 radical (unpaired) electrons.